The van der Waals surface area contributed by atoms with Gasteiger partial charge in [-0.25, -0.2) is 0 Å². The Labute approximate surface area is 143 Å². The summed E-state index contributed by atoms with van der Waals surface area (Å²) < 4.78 is 15.8. The third-order valence-electron chi connectivity index (χ3n) is 3.08. The molecule has 2 aromatic carbocycles. The lowest BCUT2D eigenvalue weighted by Crippen LogP contribution is -2.01. The van der Waals surface area contributed by atoms with E-state index in [9.17, 15) is 0 Å². The van der Waals surface area contributed by atoms with Crippen molar-refractivity contribution in [3.8, 4) is 11.5 Å². The van der Waals surface area contributed by atoms with Gasteiger partial charge < -0.3 is 14.2 Å². The zero-order valence-corrected chi connectivity index (χ0v) is 14.1. The molecule has 2 aromatic rings. The van der Waals surface area contributed by atoms with E-state index in [1.165, 1.54) is 4.90 Å². The Morgan fingerprint density at radius 2 is 1.61 bits per heavy atom. The normalized spacial score (nSPS) is 10.9. The molecule has 0 spiro atoms. The Bertz CT molecular complexity index is 641. The Morgan fingerprint density at radius 1 is 0.957 bits per heavy atom. The minimum absolute atomic E-state index is 0.118. The monoisotopic (exact) mass is 326 g/mol. The molecule has 0 atom stereocenters. The van der Waals surface area contributed by atoms with Crippen LogP contribution in [-0.2, 0) is 4.74 Å². The van der Waals surface area contributed by atoms with Crippen molar-refractivity contribution in [3.05, 3.63) is 53.6 Å². The molecule has 0 heterocycles. The van der Waals surface area contributed by atoms with Gasteiger partial charge in [0.05, 0.1) is 0 Å². The maximum Gasteiger partial charge on any atom is 0.188 e. The summed E-state index contributed by atoms with van der Waals surface area (Å²) in [6, 6.07) is 14.0. The summed E-state index contributed by atoms with van der Waals surface area (Å²) in [5.74, 6) is 1.34. The minimum Gasteiger partial charge on any atom is -0.503 e. The number of rotatable bonds is 8. The zero-order valence-electron chi connectivity index (χ0n) is 13.3. The van der Waals surface area contributed by atoms with E-state index in [1.807, 2.05) is 24.3 Å². The molecule has 0 bridgehead atoms. The zero-order chi connectivity index (χ0) is 16.5. The summed E-state index contributed by atoms with van der Waals surface area (Å²) in [6.45, 7) is 0.304. The molecule has 0 unspecified atom stereocenters. The van der Waals surface area contributed by atoms with Gasteiger partial charge >= 0.3 is 0 Å². The van der Waals surface area contributed by atoms with Crippen LogP contribution in [0, 0.1) is 0 Å². The van der Waals surface area contributed by atoms with Crippen LogP contribution >= 0.6 is 11.8 Å². The van der Waals surface area contributed by atoms with Crippen LogP contribution < -0.4 is 9.47 Å². The lowest BCUT2D eigenvalue weighted by molar-refractivity contribution is 0.0509. The lowest BCUT2D eigenvalue weighted by Gasteiger charge is -2.09. The van der Waals surface area contributed by atoms with Gasteiger partial charge in [-0.15, -0.1) is 11.8 Å². The first-order chi connectivity index (χ1) is 11.2. The molecule has 5 heteroatoms. The van der Waals surface area contributed by atoms with Crippen molar-refractivity contribution in [1.29, 1.82) is 0 Å². The number of hydrogen-bond donors (Lipinski definition) is 0. The first-order valence-corrected chi connectivity index (χ1v) is 8.39. The highest BCUT2D eigenvalue weighted by molar-refractivity contribution is 7.98. The van der Waals surface area contributed by atoms with Crippen LogP contribution in [-0.4, -0.2) is 34.5 Å². The van der Waals surface area contributed by atoms with Gasteiger partial charge in [-0.3, -0.25) is 0 Å². The van der Waals surface area contributed by atoms with E-state index in [4.69, 9.17) is 22.1 Å². The summed E-state index contributed by atoms with van der Waals surface area (Å²) in [5, 5.41) is 0. The standard InChI is InChI=1S/C18H19BO3S/c1-20-13-22-17-10-15(9-16(11-17)21-12-19)4-3-14-5-7-18(23-2)8-6-14/h3-11H,12-13H2,1-2H3/b4-3+. The van der Waals surface area contributed by atoms with Crippen molar-refractivity contribution in [2.75, 3.05) is 26.7 Å². The van der Waals surface area contributed by atoms with E-state index in [1.54, 1.807) is 24.9 Å². The molecule has 0 aliphatic heterocycles. The summed E-state index contributed by atoms with van der Waals surface area (Å²) in [7, 11) is 7.03. The van der Waals surface area contributed by atoms with E-state index < -0.39 is 0 Å². The van der Waals surface area contributed by atoms with Gasteiger partial charge in [-0.1, -0.05) is 24.3 Å². The summed E-state index contributed by atoms with van der Waals surface area (Å²) in [6.07, 6.45) is 6.12. The van der Waals surface area contributed by atoms with Gasteiger partial charge in [0.15, 0.2) is 6.79 Å². The Kier molecular flexibility index (Phi) is 7.10. The number of methoxy groups -OCH3 is 1. The van der Waals surface area contributed by atoms with Crippen molar-refractivity contribution < 1.29 is 14.2 Å². The van der Waals surface area contributed by atoms with Crippen LogP contribution in [0.2, 0.25) is 0 Å². The number of hydrogen-bond acceptors (Lipinski definition) is 4. The second-order valence-corrected chi connectivity index (χ2v) is 5.59. The van der Waals surface area contributed by atoms with Gasteiger partial charge in [-0.2, -0.15) is 0 Å². The van der Waals surface area contributed by atoms with E-state index in [0.717, 1.165) is 11.1 Å². The van der Waals surface area contributed by atoms with E-state index in [2.05, 4.69) is 30.5 Å². The maximum absolute atomic E-state index is 5.49. The third kappa shape index (κ3) is 5.69. The third-order valence-corrected chi connectivity index (χ3v) is 3.82. The highest BCUT2D eigenvalue weighted by atomic mass is 32.2. The topological polar surface area (TPSA) is 27.7 Å². The van der Waals surface area contributed by atoms with Gasteiger partial charge in [-0.05, 0) is 41.6 Å². The Balaban J connectivity index is 2.18. The quantitative estimate of drug-likeness (QED) is 0.316. The molecule has 0 saturated carbocycles. The van der Waals surface area contributed by atoms with Crippen molar-refractivity contribution >= 4 is 31.8 Å². The molecule has 2 rings (SSSR count). The Hall–Kier alpha value is -1.85. The fraction of sp³-hybridized carbons (Fsp3) is 0.222. The van der Waals surface area contributed by atoms with Crippen molar-refractivity contribution in [3.63, 3.8) is 0 Å². The summed E-state index contributed by atoms with van der Waals surface area (Å²) in [5.41, 5.74) is 2.10. The molecule has 0 aliphatic rings. The smallest absolute Gasteiger partial charge is 0.188 e. The van der Waals surface area contributed by atoms with Crippen LogP contribution in [0.4, 0.5) is 0 Å². The maximum atomic E-state index is 5.49. The van der Waals surface area contributed by atoms with Crippen LogP contribution in [0.3, 0.4) is 0 Å². The second kappa shape index (κ2) is 9.33. The van der Waals surface area contributed by atoms with E-state index in [0.29, 0.717) is 11.5 Å². The fourth-order valence-electron chi connectivity index (χ4n) is 1.99. The predicted octanol–water partition coefficient (Wildman–Crippen LogP) is 4.07. The first-order valence-electron chi connectivity index (χ1n) is 7.17. The average molecular weight is 326 g/mol. The van der Waals surface area contributed by atoms with Crippen LogP contribution in [0.5, 0.6) is 11.5 Å². The van der Waals surface area contributed by atoms with E-state index in [-0.39, 0.29) is 13.3 Å². The van der Waals surface area contributed by atoms with Crippen LogP contribution in [0.15, 0.2) is 47.4 Å². The molecule has 0 N–H and O–H groups in total. The largest absolute Gasteiger partial charge is 0.503 e. The molecule has 0 aliphatic carbocycles. The minimum atomic E-state index is 0.118. The van der Waals surface area contributed by atoms with Crippen molar-refractivity contribution in [1.82, 2.24) is 0 Å². The van der Waals surface area contributed by atoms with Gasteiger partial charge in [0.1, 0.15) is 19.3 Å². The molecule has 23 heavy (non-hydrogen) atoms. The molecule has 0 aromatic heterocycles. The fourth-order valence-corrected chi connectivity index (χ4v) is 2.40. The molecular weight excluding hydrogens is 307 g/mol. The number of benzene rings is 2. The first kappa shape index (κ1) is 17.5. The predicted molar refractivity (Wildman–Crippen MR) is 97.3 cm³/mol. The Morgan fingerprint density at radius 3 is 2.22 bits per heavy atom. The SMILES string of the molecule is [B]COc1cc(/C=C/c2ccc(SC)cc2)cc(OCOC)c1. The average Bonchev–Trinajstić information content (AvgIpc) is 2.59. The van der Waals surface area contributed by atoms with Gasteiger partial charge in [0, 0.05) is 24.6 Å². The van der Waals surface area contributed by atoms with Crippen molar-refractivity contribution in [2.45, 2.75) is 4.90 Å². The molecule has 0 amide bonds. The number of thioether (sulfide) groups is 1. The second-order valence-electron chi connectivity index (χ2n) is 4.71. The molecule has 2 radical (unpaired) electrons. The molecule has 0 fully saturated rings. The lowest BCUT2D eigenvalue weighted by atomic mass is 10.1. The molecule has 3 nitrogen and oxygen atoms in total. The summed E-state index contributed by atoms with van der Waals surface area (Å²) in [4.78, 5) is 1.25. The van der Waals surface area contributed by atoms with Crippen LogP contribution in [0.25, 0.3) is 12.2 Å². The number of ether oxygens (including phenoxy) is 3. The highest BCUT2D eigenvalue weighted by Crippen LogP contribution is 2.25. The van der Waals surface area contributed by atoms with Crippen molar-refractivity contribution in [2.24, 2.45) is 0 Å². The van der Waals surface area contributed by atoms with Gasteiger partial charge in [0.2, 0.25) is 0 Å². The highest BCUT2D eigenvalue weighted by Gasteiger charge is 2.01. The molecule has 118 valence electrons. The molecular formula is C18H19BO3S. The van der Waals surface area contributed by atoms with Crippen LogP contribution in [0.1, 0.15) is 11.1 Å². The van der Waals surface area contributed by atoms with E-state index >= 15 is 0 Å². The van der Waals surface area contributed by atoms with Gasteiger partial charge in [0.25, 0.3) is 0 Å². The molecule has 0 saturated heterocycles. The summed E-state index contributed by atoms with van der Waals surface area (Å²) >= 11 is 1.73.